The second-order valence-corrected chi connectivity index (χ2v) is 4.18. The van der Waals surface area contributed by atoms with Crippen LogP contribution in [0, 0.1) is 18.3 Å². The first-order valence-electron chi connectivity index (χ1n) is 5.48. The molecule has 3 nitrogen and oxygen atoms in total. The summed E-state index contributed by atoms with van der Waals surface area (Å²) in [7, 11) is 4.05. The molecule has 0 spiro atoms. The predicted molar refractivity (Wildman–Crippen MR) is 66.1 cm³/mol. The minimum Gasteiger partial charge on any atom is -0.308 e. The fraction of sp³-hybridized carbons (Fsp3) is 0.462. The lowest BCUT2D eigenvalue weighted by Gasteiger charge is -2.16. The molecule has 0 saturated heterocycles. The van der Waals surface area contributed by atoms with Crippen molar-refractivity contribution in [2.45, 2.75) is 13.0 Å². The Morgan fingerprint density at radius 2 is 2.06 bits per heavy atom. The van der Waals surface area contributed by atoms with Crippen molar-refractivity contribution in [2.24, 2.45) is 0 Å². The molecule has 1 N–H and O–H groups in total. The second-order valence-electron chi connectivity index (χ2n) is 4.18. The number of rotatable bonds is 5. The molecular formula is C13H19N3. The zero-order chi connectivity index (χ0) is 12.0. The van der Waals surface area contributed by atoms with E-state index >= 15 is 0 Å². The van der Waals surface area contributed by atoms with E-state index < -0.39 is 0 Å². The molecule has 3 heteroatoms. The predicted octanol–water partition coefficient (Wildman–Crippen LogP) is 1.71. The fourth-order valence-electron chi connectivity index (χ4n) is 1.57. The lowest BCUT2D eigenvalue weighted by atomic mass is 10.0. The first-order chi connectivity index (χ1) is 7.65. The van der Waals surface area contributed by atoms with Gasteiger partial charge < -0.3 is 4.90 Å². The van der Waals surface area contributed by atoms with Crippen LogP contribution in [0.3, 0.4) is 0 Å². The van der Waals surface area contributed by atoms with Gasteiger partial charge in [0.15, 0.2) is 0 Å². The van der Waals surface area contributed by atoms with Crippen LogP contribution < -0.4 is 5.32 Å². The summed E-state index contributed by atoms with van der Waals surface area (Å²) in [6.07, 6.45) is 0. The number of hydrogen-bond donors (Lipinski definition) is 1. The van der Waals surface area contributed by atoms with Crippen molar-refractivity contribution in [1.29, 1.82) is 5.26 Å². The molecule has 0 bridgehead atoms. The van der Waals surface area contributed by atoms with Gasteiger partial charge in [-0.15, -0.1) is 0 Å². The Balaban J connectivity index is 2.62. The molecule has 0 aliphatic carbocycles. The van der Waals surface area contributed by atoms with E-state index in [4.69, 9.17) is 5.26 Å². The molecule has 1 atom stereocenters. The first-order valence-corrected chi connectivity index (χ1v) is 5.48. The van der Waals surface area contributed by atoms with Crippen LogP contribution in [0.4, 0.5) is 0 Å². The van der Waals surface area contributed by atoms with Crippen molar-refractivity contribution in [2.75, 3.05) is 27.2 Å². The molecule has 0 aliphatic rings. The molecule has 0 amide bonds. The van der Waals surface area contributed by atoms with Crippen LogP contribution in [0.2, 0.25) is 0 Å². The molecule has 0 aromatic heterocycles. The van der Waals surface area contributed by atoms with Gasteiger partial charge in [0, 0.05) is 13.1 Å². The Bertz CT molecular complexity index is 366. The quantitative estimate of drug-likeness (QED) is 0.816. The van der Waals surface area contributed by atoms with E-state index in [-0.39, 0.29) is 6.04 Å². The first kappa shape index (κ1) is 12.7. The third-order valence-electron chi connectivity index (χ3n) is 2.54. The Kier molecular flexibility index (Phi) is 4.97. The number of nitrogens with one attached hydrogen (secondary N) is 1. The molecule has 16 heavy (non-hydrogen) atoms. The molecule has 0 saturated carbocycles. The van der Waals surface area contributed by atoms with Gasteiger partial charge in [0.2, 0.25) is 0 Å². The molecule has 1 unspecified atom stereocenters. The SMILES string of the molecule is Cc1ccccc1C(C#N)NCCN(C)C. The third-order valence-corrected chi connectivity index (χ3v) is 2.54. The van der Waals surface area contributed by atoms with Gasteiger partial charge in [0.05, 0.1) is 6.07 Å². The fourth-order valence-corrected chi connectivity index (χ4v) is 1.57. The Morgan fingerprint density at radius 1 is 1.38 bits per heavy atom. The average molecular weight is 217 g/mol. The molecule has 86 valence electrons. The van der Waals surface area contributed by atoms with Gasteiger partial charge in [-0.05, 0) is 32.1 Å². The van der Waals surface area contributed by atoms with Crippen molar-refractivity contribution >= 4 is 0 Å². The van der Waals surface area contributed by atoms with Gasteiger partial charge in [-0.1, -0.05) is 24.3 Å². The summed E-state index contributed by atoms with van der Waals surface area (Å²) in [6, 6.07) is 10.1. The van der Waals surface area contributed by atoms with Gasteiger partial charge in [-0.2, -0.15) is 5.26 Å². The summed E-state index contributed by atoms with van der Waals surface area (Å²) in [6.45, 7) is 3.79. The number of nitrogens with zero attached hydrogens (tertiary/aromatic N) is 2. The molecule has 1 aromatic rings. The van der Waals surface area contributed by atoms with Crippen LogP contribution in [-0.2, 0) is 0 Å². The lowest BCUT2D eigenvalue weighted by Crippen LogP contribution is -2.29. The van der Waals surface area contributed by atoms with Crippen molar-refractivity contribution < 1.29 is 0 Å². The number of likely N-dealkylation sites (N-methyl/N-ethyl adjacent to an activating group) is 1. The monoisotopic (exact) mass is 217 g/mol. The molecular weight excluding hydrogens is 198 g/mol. The van der Waals surface area contributed by atoms with E-state index in [1.165, 1.54) is 0 Å². The Morgan fingerprint density at radius 3 is 2.62 bits per heavy atom. The lowest BCUT2D eigenvalue weighted by molar-refractivity contribution is 0.395. The summed E-state index contributed by atoms with van der Waals surface area (Å²) in [5.74, 6) is 0. The number of nitriles is 1. The number of hydrogen-bond acceptors (Lipinski definition) is 3. The summed E-state index contributed by atoms with van der Waals surface area (Å²) >= 11 is 0. The van der Waals surface area contributed by atoms with Crippen molar-refractivity contribution in [3.8, 4) is 6.07 Å². The standard InChI is InChI=1S/C13H19N3/c1-11-6-4-5-7-12(11)13(10-14)15-8-9-16(2)3/h4-7,13,15H,8-9H2,1-3H3. The highest BCUT2D eigenvalue weighted by atomic mass is 15.1. The summed E-state index contributed by atoms with van der Waals surface area (Å²) < 4.78 is 0. The van der Waals surface area contributed by atoms with Gasteiger partial charge in [0.1, 0.15) is 6.04 Å². The molecule has 0 heterocycles. The number of benzene rings is 1. The highest BCUT2D eigenvalue weighted by Crippen LogP contribution is 2.16. The average Bonchev–Trinajstić information content (AvgIpc) is 2.25. The van der Waals surface area contributed by atoms with E-state index in [0.717, 1.165) is 24.2 Å². The van der Waals surface area contributed by atoms with Crippen molar-refractivity contribution in [3.05, 3.63) is 35.4 Å². The van der Waals surface area contributed by atoms with Crippen molar-refractivity contribution in [1.82, 2.24) is 10.2 Å². The molecule has 0 aliphatic heterocycles. The largest absolute Gasteiger partial charge is 0.308 e. The summed E-state index contributed by atoms with van der Waals surface area (Å²) in [4.78, 5) is 2.10. The van der Waals surface area contributed by atoms with Gasteiger partial charge in [-0.3, -0.25) is 5.32 Å². The highest BCUT2D eigenvalue weighted by molar-refractivity contribution is 5.32. The maximum Gasteiger partial charge on any atom is 0.121 e. The second kappa shape index (κ2) is 6.26. The Hall–Kier alpha value is -1.37. The van der Waals surface area contributed by atoms with Crippen LogP contribution in [0.5, 0.6) is 0 Å². The van der Waals surface area contributed by atoms with Crippen LogP contribution in [0.15, 0.2) is 24.3 Å². The summed E-state index contributed by atoms with van der Waals surface area (Å²) in [5, 5.41) is 12.4. The molecule has 0 radical (unpaired) electrons. The van der Waals surface area contributed by atoms with Crippen LogP contribution in [0.1, 0.15) is 17.2 Å². The maximum atomic E-state index is 9.14. The number of aryl methyl sites for hydroxylation is 1. The maximum absolute atomic E-state index is 9.14. The van der Waals surface area contributed by atoms with E-state index in [2.05, 4.69) is 16.3 Å². The van der Waals surface area contributed by atoms with Crippen LogP contribution in [0.25, 0.3) is 0 Å². The zero-order valence-corrected chi connectivity index (χ0v) is 10.2. The topological polar surface area (TPSA) is 39.1 Å². The van der Waals surface area contributed by atoms with Gasteiger partial charge in [-0.25, -0.2) is 0 Å². The molecule has 1 aromatic carbocycles. The van der Waals surface area contributed by atoms with E-state index in [9.17, 15) is 0 Å². The van der Waals surface area contributed by atoms with E-state index in [1.807, 2.05) is 45.3 Å². The zero-order valence-electron chi connectivity index (χ0n) is 10.2. The van der Waals surface area contributed by atoms with Crippen molar-refractivity contribution in [3.63, 3.8) is 0 Å². The molecule has 1 rings (SSSR count). The van der Waals surface area contributed by atoms with Gasteiger partial charge in [0.25, 0.3) is 0 Å². The van der Waals surface area contributed by atoms with Crippen LogP contribution >= 0.6 is 0 Å². The third kappa shape index (κ3) is 3.65. The minimum atomic E-state index is -0.207. The smallest absolute Gasteiger partial charge is 0.121 e. The Labute approximate surface area is 97.7 Å². The van der Waals surface area contributed by atoms with Crippen LogP contribution in [-0.4, -0.2) is 32.1 Å². The summed E-state index contributed by atoms with van der Waals surface area (Å²) in [5.41, 5.74) is 2.23. The normalized spacial score (nSPS) is 12.4. The van der Waals surface area contributed by atoms with Gasteiger partial charge >= 0.3 is 0 Å². The van der Waals surface area contributed by atoms with E-state index in [1.54, 1.807) is 0 Å². The highest BCUT2D eigenvalue weighted by Gasteiger charge is 2.11. The minimum absolute atomic E-state index is 0.207. The molecule has 0 fully saturated rings. The van der Waals surface area contributed by atoms with E-state index in [0.29, 0.717) is 0 Å².